The van der Waals surface area contributed by atoms with E-state index < -0.39 is 8.32 Å². The summed E-state index contributed by atoms with van der Waals surface area (Å²) in [6.45, 7) is 11.3. The first-order chi connectivity index (χ1) is 8.17. The van der Waals surface area contributed by atoms with Gasteiger partial charge in [-0.15, -0.1) is 0 Å². The zero-order valence-electron chi connectivity index (χ0n) is 11.9. The molecule has 0 atom stereocenters. The molecule has 18 heavy (non-hydrogen) atoms. The Morgan fingerprint density at radius 3 is 2.33 bits per heavy atom. The molecule has 1 rings (SSSR count). The summed E-state index contributed by atoms with van der Waals surface area (Å²) in [6, 6.07) is 6.04. The van der Waals surface area contributed by atoms with Crippen molar-refractivity contribution in [3.05, 3.63) is 28.2 Å². The Kier molecular flexibility index (Phi) is 5.03. The zero-order chi connectivity index (χ0) is 14.0. The third-order valence-electron chi connectivity index (χ3n) is 3.57. The smallest absolute Gasteiger partial charge is 0.250 e. The van der Waals surface area contributed by atoms with Gasteiger partial charge >= 0.3 is 0 Å². The molecule has 0 saturated heterocycles. The molecule has 0 saturated carbocycles. The van der Waals surface area contributed by atoms with Crippen molar-refractivity contribution in [2.24, 2.45) is 0 Å². The molecular formula is C14H23BrO2Si. The van der Waals surface area contributed by atoms with Crippen LogP contribution in [0.3, 0.4) is 0 Å². The van der Waals surface area contributed by atoms with Crippen LogP contribution in [0.15, 0.2) is 22.7 Å². The van der Waals surface area contributed by atoms with Gasteiger partial charge in [0.05, 0.1) is 4.47 Å². The van der Waals surface area contributed by atoms with Crippen LogP contribution in [-0.4, -0.2) is 20.0 Å². The van der Waals surface area contributed by atoms with Gasteiger partial charge in [-0.1, -0.05) is 26.8 Å². The molecular weight excluding hydrogens is 308 g/mol. The lowest BCUT2D eigenvalue weighted by molar-refractivity contribution is 0.299. The molecule has 4 heteroatoms. The van der Waals surface area contributed by atoms with Crippen LogP contribution < -0.4 is 4.43 Å². The Hall–Kier alpha value is -0.323. The summed E-state index contributed by atoms with van der Waals surface area (Å²) in [5.74, 6) is 0.906. The van der Waals surface area contributed by atoms with E-state index in [0.29, 0.717) is 6.42 Å². The fourth-order valence-electron chi connectivity index (χ4n) is 1.34. The Morgan fingerprint density at radius 1 is 1.28 bits per heavy atom. The second-order valence-corrected chi connectivity index (χ2v) is 11.7. The number of aliphatic hydroxyl groups excluding tert-OH is 1. The lowest BCUT2D eigenvalue weighted by Gasteiger charge is -2.36. The molecule has 1 aromatic carbocycles. The molecule has 1 aromatic rings. The van der Waals surface area contributed by atoms with E-state index in [-0.39, 0.29) is 11.6 Å². The summed E-state index contributed by atoms with van der Waals surface area (Å²) in [7, 11) is -1.79. The van der Waals surface area contributed by atoms with Gasteiger partial charge in [-0.25, -0.2) is 0 Å². The topological polar surface area (TPSA) is 29.5 Å². The highest BCUT2D eigenvalue weighted by atomic mass is 79.9. The van der Waals surface area contributed by atoms with Crippen molar-refractivity contribution in [3.8, 4) is 5.75 Å². The van der Waals surface area contributed by atoms with Gasteiger partial charge in [0.15, 0.2) is 0 Å². The average molecular weight is 331 g/mol. The summed E-state index contributed by atoms with van der Waals surface area (Å²) in [5.41, 5.74) is 1.12. The molecule has 0 heterocycles. The van der Waals surface area contributed by atoms with Crippen LogP contribution in [0.25, 0.3) is 0 Å². The number of hydrogen-bond acceptors (Lipinski definition) is 2. The number of halogens is 1. The van der Waals surface area contributed by atoms with Gasteiger partial charge in [0, 0.05) is 6.61 Å². The fourth-order valence-corrected chi connectivity index (χ4v) is 3.03. The van der Waals surface area contributed by atoms with Gasteiger partial charge in [-0.2, -0.15) is 0 Å². The summed E-state index contributed by atoms with van der Waals surface area (Å²) in [6.07, 6.45) is 0.680. The molecule has 0 aromatic heterocycles. The SMILES string of the molecule is CC(C)(C)[Si](C)(C)Oc1ccc(CCO)cc1Br. The first-order valence-corrected chi connectivity index (χ1v) is 9.96. The molecule has 0 spiro atoms. The van der Waals surface area contributed by atoms with Crippen molar-refractivity contribution in [1.29, 1.82) is 0 Å². The van der Waals surface area contributed by atoms with Crippen molar-refractivity contribution >= 4 is 24.2 Å². The second kappa shape index (κ2) is 5.76. The minimum Gasteiger partial charge on any atom is -0.543 e. The molecule has 0 bridgehead atoms. The van der Waals surface area contributed by atoms with Gasteiger partial charge in [0.1, 0.15) is 5.75 Å². The maximum absolute atomic E-state index is 8.93. The van der Waals surface area contributed by atoms with Crippen LogP contribution in [0.2, 0.25) is 18.1 Å². The first-order valence-electron chi connectivity index (χ1n) is 6.26. The highest BCUT2D eigenvalue weighted by molar-refractivity contribution is 9.10. The minimum atomic E-state index is -1.79. The monoisotopic (exact) mass is 330 g/mol. The second-order valence-electron chi connectivity index (χ2n) is 6.10. The third-order valence-corrected chi connectivity index (χ3v) is 8.53. The van der Waals surface area contributed by atoms with Crippen LogP contribution in [0.5, 0.6) is 5.75 Å². The zero-order valence-corrected chi connectivity index (χ0v) is 14.5. The van der Waals surface area contributed by atoms with E-state index in [1.807, 2.05) is 18.2 Å². The highest BCUT2D eigenvalue weighted by Crippen LogP contribution is 2.39. The summed E-state index contributed by atoms with van der Waals surface area (Å²) < 4.78 is 7.23. The summed E-state index contributed by atoms with van der Waals surface area (Å²) in [4.78, 5) is 0. The standard InChI is InChI=1S/C14H23BrO2Si/c1-14(2,3)18(4,5)17-13-7-6-11(8-9-16)10-12(13)15/h6-7,10,16H,8-9H2,1-5H3. The van der Waals surface area contributed by atoms with Crippen molar-refractivity contribution in [2.45, 2.75) is 45.3 Å². The number of rotatable bonds is 4. The molecule has 0 aliphatic heterocycles. The molecule has 0 amide bonds. The minimum absolute atomic E-state index is 0.175. The van der Waals surface area contributed by atoms with Gasteiger partial charge < -0.3 is 9.53 Å². The summed E-state index contributed by atoms with van der Waals surface area (Å²) in [5, 5.41) is 9.12. The van der Waals surface area contributed by atoms with Crippen molar-refractivity contribution < 1.29 is 9.53 Å². The molecule has 2 nitrogen and oxygen atoms in total. The predicted molar refractivity (Wildman–Crippen MR) is 82.8 cm³/mol. The quantitative estimate of drug-likeness (QED) is 0.830. The number of hydrogen-bond donors (Lipinski definition) is 1. The van der Waals surface area contributed by atoms with Gasteiger partial charge in [0.2, 0.25) is 0 Å². The Labute approximate surface area is 120 Å². The molecule has 0 unspecified atom stereocenters. The highest BCUT2D eigenvalue weighted by Gasteiger charge is 2.39. The third kappa shape index (κ3) is 3.83. The Morgan fingerprint density at radius 2 is 1.89 bits per heavy atom. The maximum Gasteiger partial charge on any atom is 0.250 e. The molecule has 0 aliphatic rings. The Bertz CT molecular complexity index is 411. The lowest BCUT2D eigenvalue weighted by atomic mass is 10.1. The fraction of sp³-hybridized carbons (Fsp3) is 0.571. The van der Waals surface area contributed by atoms with Crippen molar-refractivity contribution in [1.82, 2.24) is 0 Å². The Balaban J connectivity index is 2.92. The molecule has 0 aliphatic carbocycles. The average Bonchev–Trinajstić information content (AvgIpc) is 2.21. The van der Waals surface area contributed by atoms with Gasteiger partial charge in [-0.3, -0.25) is 0 Å². The first kappa shape index (κ1) is 15.7. The van der Waals surface area contributed by atoms with Crippen LogP contribution >= 0.6 is 15.9 Å². The lowest BCUT2D eigenvalue weighted by Crippen LogP contribution is -2.43. The largest absolute Gasteiger partial charge is 0.543 e. The maximum atomic E-state index is 8.93. The van der Waals surface area contributed by atoms with E-state index in [9.17, 15) is 0 Å². The van der Waals surface area contributed by atoms with E-state index in [2.05, 4.69) is 49.8 Å². The van der Waals surface area contributed by atoms with E-state index in [1.165, 1.54) is 0 Å². The van der Waals surface area contributed by atoms with Crippen molar-refractivity contribution in [3.63, 3.8) is 0 Å². The molecule has 0 fully saturated rings. The number of aliphatic hydroxyl groups is 1. The van der Waals surface area contributed by atoms with Crippen LogP contribution in [0, 0.1) is 0 Å². The number of benzene rings is 1. The molecule has 1 N–H and O–H groups in total. The van der Waals surface area contributed by atoms with Crippen LogP contribution in [-0.2, 0) is 6.42 Å². The predicted octanol–water partition coefficient (Wildman–Crippen LogP) is 4.37. The molecule has 0 radical (unpaired) electrons. The summed E-state index contributed by atoms with van der Waals surface area (Å²) >= 11 is 3.55. The van der Waals surface area contributed by atoms with Gasteiger partial charge in [0.25, 0.3) is 8.32 Å². The van der Waals surface area contributed by atoms with E-state index in [4.69, 9.17) is 9.53 Å². The van der Waals surface area contributed by atoms with Crippen molar-refractivity contribution in [2.75, 3.05) is 6.61 Å². The van der Waals surface area contributed by atoms with Gasteiger partial charge in [-0.05, 0) is 58.2 Å². The van der Waals surface area contributed by atoms with E-state index in [0.717, 1.165) is 15.8 Å². The van der Waals surface area contributed by atoms with Crippen LogP contribution in [0.4, 0.5) is 0 Å². The van der Waals surface area contributed by atoms with E-state index >= 15 is 0 Å². The normalized spacial score (nSPS) is 12.6. The van der Waals surface area contributed by atoms with Crippen LogP contribution in [0.1, 0.15) is 26.3 Å². The van der Waals surface area contributed by atoms with E-state index in [1.54, 1.807) is 0 Å². The molecule has 102 valence electrons.